The number of hydrogen-bond donors (Lipinski definition) is 1. The summed E-state index contributed by atoms with van der Waals surface area (Å²) in [6.45, 7) is 4.53. The highest BCUT2D eigenvalue weighted by Gasteiger charge is 2.46. The van der Waals surface area contributed by atoms with Crippen LogP contribution in [-0.4, -0.2) is 70.7 Å². The van der Waals surface area contributed by atoms with Crippen molar-refractivity contribution in [2.75, 3.05) is 34.3 Å². The Balaban J connectivity index is 2.19. The summed E-state index contributed by atoms with van der Waals surface area (Å²) in [6.07, 6.45) is 0. The molecule has 1 N–H and O–H groups in total. The second kappa shape index (κ2) is 8.31. The maximum absolute atomic E-state index is 13.0. The van der Waals surface area contributed by atoms with Crippen LogP contribution in [0.4, 0.5) is 0 Å². The van der Waals surface area contributed by atoms with E-state index in [2.05, 4.69) is 5.10 Å². The molecule has 8 heteroatoms. The van der Waals surface area contributed by atoms with E-state index in [9.17, 15) is 14.7 Å². The van der Waals surface area contributed by atoms with Crippen LogP contribution in [0.15, 0.2) is 29.8 Å². The van der Waals surface area contributed by atoms with E-state index >= 15 is 0 Å². The van der Waals surface area contributed by atoms with Crippen LogP contribution in [0.5, 0.6) is 5.75 Å². The van der Waals surface area contributed by atoms with E-state index in [-0.39, 0.29) is 11.3 Å². The molecule has 1 aromatic carbocycles. The summed E-state index contributed by atoms with van der Waals surface area (Å²) in [5, 5.41) is 15.5. The fourth-order valence-electron chi connectivity index (χ4n) is 3.80. The largest absolute Gasteiger partial charge is 0.507 e. The number of aromatic nitrogens is 2. The average molecular weight is 412 g/mol. The van der Waals surface area contributed by atoms with E-state index in [1.54, 1.807) is 37.9 Å². The molecule has 0 aliphatic carbocycles. The third-order valence-corrected chi connectivity index (χ3v) is 5.51. The number of likely N-dealkylation sites (N-methyl/N-ethyl adjacent to an activating group) is 1. The summed E-state index contributed by atoms with van der Waals surface area (Å²) in [6, 6.07) is 6.50. The molecular formula is C22H28N4O4. The van der Waals surface area contributed by atoms with Crippen LogP contribution >= 0.6 is 0 Å². The van der Waals surface area contributed by atoms with Gasteiger partial charge in [0.1, 0.15) is 11.5 Å². The Morgan fingerprint density at radius 1 is 1.20 bits per heavy atom. The summed E-state index contributed by atoms with van der Waals surface area (Å²) >= 11 is 0. The fraction of sp³-hybridized carbons (Fsp3) is 0.409. The predicted octanol–water partition coefficient (Wildman–Crippen LogP) is 2.03. The second-order valence-electron chi connectivity index (χ2n) is 7.74. The van der Waals surface area contributed by atoms with Crippen LogP contribution < -0.4 is 4.74 Å². The number of rotatable bonds is 6. The normalized spacial score (nSPS) is 18.5. The van der Waals surface area contributed by atoms with Gasteiger partial charge in [-0.05, 0) is 45.6 Å². The number of likely N-dealkylation sites (tertiary alicyclic amines) is 1. The van der Waals surface area contributed by atoms with Gasteiger partial charge in [0.05, 0.1) is 30.0 Å². The standard InChI is InChI=1S/C22H28N4O4/c1-13-17(14(2)25(5)23-13)20(27)18-19(15-7-9-16(30-6)10-8-15)26(12-11-24(3)4)22(29)21(18)28/h7-10,19,27H,11-12H2,1-6H3/t19-/m1/s1. The summed E-state index contributed by atoms with van der Waals surface area (Å²) in [5.41, 5.74) is 2.62. The Hall–Kier alpha value is -3.13. The minimum absolute atomic E-state index is 0.0862. The fourth-order valence-corrected chi connectivity index (χ4v) is 3.80. The zero-order valence-corrected chi connectivity index (χ0v) is 18.3. The zero-order valence-electron chi connectivity index (χ0n) is 18.3. The number of ether oxygens (including phenoxy) is 1. The summed E-state index contributed by atoms with van der Waals surface area (Å²) in [5.74, 6) is -0.819. The first-order chi connectivity index (χ1) is 14.2. The number of aliphatic hydroxyl groups is 1. The first-order valence-corrected chi connectivity index (χ1v) is 9.75. The number of aryl methyl sites for hydroxylation is 2. The Labute approximate surface area is 176 Å². The number of carbonyl (C=O) groups is 2. The number of hydrogen-bond acceptors (Lipinski definition) is 6. The van der Waals surface area contributed by atoms with Gasteiger partial charge in [-0.2, -0.15) is 5.10 Å². The summed E-state index contributed by atoms with van der Waals surface area (Å²) in [7, 11) is 7.16. The lowest BCUT2D eigenvalue weighted by molar-refractivity contribution is -0.140. The molecule has 1 aliphatic heterocycles. The molecule has 0 radical (unpaired) electrons. The van der Waals surface area contributed by atoms with Crippen molar-refractivity contribution in [1.29, 1.82) is 0 Å². The number of benzene rings is 1. The molecule has 0 unspecified atom stereocenters. The Morgan fingerprint density at radius 2 is 1.83 bits per heavy atom. The monoisotopic (exact) mass is 412 g/mol. The quantitative estimate of drug-likeness (QED) is 0.444. The van der Waals surface area contributed by atoms with Gasteiger partial charge in [0.15, 0.2) is 0 Å². The number of aliphatic hydroxyl groups excluding tert-OH is 1. The van der Waals surface area contributed by atoms with Crippen molar-refractivity contribution in [3.63, 3.8) is 0 Å². The van der Waals surface area contributed by atoms with Gasteiger partial charge in [0.2, 0.25) is 0 Å². The van der Waals surface area contributed by atoms with E-state index in [0.29, 0.717) is 30.1 Å². The minimum Gasteiger partial charge on any atom is -0.507 e. The zero-order chi connectivity index (χ0) is 22.2. The molecule has 0 spiro atoms. The number of nitrogens with zero attached hydrogens (tertiary/aromatic N) is 4. The lowest BCUT2D eigenvalue weighted by atomic mass is 9.94. The average Bonchev–Trinajstić information content (AvgIpc) is 3.11. The van der Waals surface area contributed by atoms with Crippen molar-refractivity contribution < 1.29 is 19.4 Å². The number of Topliss-reactive ketones (excluding diaryl/α,β-unsaturated/α-hetero) is 1. The van der Waals surface area contributed by atoms with Gasteiger partial charge in [0, 0.05) is 25.8 Å². The second-order valence-corrected chi connectivity index (χ2v) is 7.74. The van der Waals surface area contributed by atoms with E-state index in [1.807, 2.05) is 38.1 Å². The molecule has 1 amide bonds. The molecule has 0 bridgehead atoms. The van der Waals surface area contributed by atoms with Gasteiger partial charge in [-0.1, -0.05) is 12.1 Å². The Kier molecular flexibility index (Phi) is 5.98. The topological polar surface area (TPSA) is 87.9 Å². The van der Waals surface area contributed by atoms with Gasteiger partial charge >= 0.3 is 0 Å². The number of amides is 1. The van der Waals surface area contributed by atoms with Crippen molar-refractivity contribution in [2.24, 2.45) is 7.05 Å². The minimum atomic E-state index is -0.685. The third-order valence-electron chi connectivity index (χ3n) is 5.51. The van der Waals surface area contributed by atoms with Gasteiger partial charge < -0.3 is 19.6 Å². The lowest BCUT2D eigenvalue weighted by Crippen LogP contribution is -2.35. The molecule has 1 aromatic heterocycles. The smallest absolute Gasteiger partial charge is 0.295 e. The highest BCUT2D eigenvalue weighted by atomic mass is 16.5. The van der Waals surface area contributed by atoms with Crippen molar-refractivity contribution in [3.05, 3.63) is 52.4 Å². The van der Waals surface area contributed by atoms with Crippen LogP contribution in [0.25, 0.3) is 5.76 Å². The number of methoxy groups -OCH3 is 1. The highest BCUT2D eigenvalue weighted by Crippen LogP contribution is 2.40. The SMILES string of the molecule is COc1ccc([C@@H]2C(=C(O)c3c(C)nn(C)c3C)C(=O)C(=O)N2CCN(C)C)cc1. The van der Waals surface area contributed by atoms with Crippen LogP contribution in [0.3, 0.4) is 0 Å². The number of ketones is 1. The van der Waals surface area contributed by atoms with Crippen LogP contribution in [0, 0.1) is 13.8 Å². The lowest BCUT2D eigenvalue weighted by Gasteiger charge is -2.26. The van der Waals surface area contributed by atoms with Crippen LogP contribution in [0.1, 0.15) is 28.6 Å². The maximum atomic E-state index is 13.0. The molecule has 1 atom stereocenters. The Bertz CT molecular complexity index is 1000. The first kappa shape index (κ1) is 21.6. The van der Waals surface area contributed by atoms with Gasteiger partial charge in [0.25, 0.3) is 11.7 Å². The molecule has 1 saturated heterocycles. The molecule has 2 aromatic rings. The molecule has 1 fully saturated rings. The highest BCUT2D eigenvalue weighted by molar-refractivity contribution is 6.46. The van der Waals surface area contributed by atoms with E-state index < -0.39 is 17.7 Å². The van der Waals surface area contributed by atoms with E-state index in [1.165, 1.54) is 4.90 Å². The molecule has 2 heterocycles. The third kappa shape index (κ3) is 3.70. The summed E-state index contributed by atoms with van der Waals surface area (Å²) < 4.78 is 6.88. The van der Waals surface area contributed by atoms with Gasteiger partial charge in [-0.3, -0.25) is 14.3 Å². The van der Waals surface area contributed by atoms with Crippen LogP contribution in [0.2, 0.25) is 0 Å². The number of carbonyl (C=O) groups excluding carboxylic acids is 2. The van der Waals surface area contributed by atoms with Crippen LogP contribution in [-0.2, 0) is 16.6 Å². The van der Waals surface area contributed by atoms with Crippen molar-refractivity contribution in [3.8, 4) is 5.75 Å². The molecule has 8 nitrogen and oxygen atoms in total. The predicted molar refractivity (Wildman–Crippen MR) is 113 cm³/mol. The maximum Gasteiger partial charge on any atom is 0.295 e. The molecule has 1 aliphatic rings. The van der Waals surface area contributed by atoms with Crippen molar-refractivity contribution >= 4 is 17.4 Å². The molecule has 160 valence electrons. The summed E-state index contributed by atoms with van der Waals surface area (Å²) in [4.78, 5) is 29.4. The molecular weight excluding hydrogens is 384 g/mol. The van der Waals surface area contributed by atoms with Gasteiger partial charge in [-0.15, -0.1) is 0 Å². The van der Waals surface area contributed by atoms with E-state index in [4.69, 9.17) is 4.74 Å². The Morgan fingerprint density at radius 3 is 2.33 bits per heavy atom. The van der Waals surface area contributed by atoms with Crippen molar-refractivity contribution in [1.82, 2.24) is 19.6 Å². The first-order valence-electron chi connectivity index (χ1n) is 9.75. The molecule has 0 saturated carbocycles. The molecule has 30 heavy (non-hydrogen) atoms. The van der Waals surface area contributed by atoms with Crippen molar-refractivity contribution in [2.45, 2.75) is 19.9 Å². The van der Waals surface area contributed by atoms with E-state index in [0.717, 1.165) is 11.3 Å². The van der Waals surface area contributed by atoms with Gasteiger partial charge in [-0.25, -0.2) is 0 Å². The molecule has 3 rings (SSSR count).